The van der Waals surface area contributed by atoms with Crippen molar-refractivity contribution < 1.29 is 14.1 Å². The average molecular weight is 422 g/mol. The monoisotopic (exact) mass is 421 g/mol. The fraction of sp³-hybridized carbons (Fsp3) is 0.421. The Morgan fingerprint density at radius 2 is 2.00 bits per heavy atom. The molecule has 1 aromatic heterocycles. The second-order valence-electron chi connectivity index (χ2n) is 6.40. The summed E-state index contributed by atoms with van der Waals surface area (Å²) in [6.45, 7) is 7.46. The molecule has 1 N–H and O–H groups in total. The van der Waals surface area contributed by atoms with E-state index in [9.17, 15) is 9.59 Å². The van der Waals surface area contributed by atoms with Gasteiger partial charge in [-0.25, -0.2) is 0 Å². The molecule has 1 heterocycles. The largest absolute Gasteiger partial charge is 0.361 e. The van der Waals surface area contributed by atoms with E-state index < -0.39 is 0 Å². The summed E-state index contributed by atoms with van der Waals surface area (Å²) in [6, 6.07) is 5.62. The Hall–Kier alpha value is -2.15. The van der Waals surface area contributed by atoms with E-state index in [2.05, 4.69) is 26.4 Å². The van der Waals surface area contributed by atoms with Gasteiger partial charge in [-0.1, -0.05) is 28.0 Å². The van der Waals surface area contributed by atoms with E-state index in [1.807, 2.05) is 39.0 Å². The summed E-state index contributed by atoms with van der Waals surface area (Å²) < 4.78 is 6.14. The summed E-state index contributed by atoms with van der Waals surface area (Å²) in [7, 11) is 1.64. The van der Waals surface area contributed by atoms with Crippen LogP contribution in [0.5, 0.6) is 0 Å². The number of nitrogens with zero attached hydrogens (tertiary/aromatic N) is 2. The molecular weight excluding hydrogens is 398 g/mol. The Balaban J connectivity index is 2.06. The minimum Gasteiger partial charge on any atom is -0.361 e. The van der Waals surface area contributed by atoms with E-state index in [-0.39, 0.29) is 24.3 Å². The second-order valence-corrected chi connectivity index (χ2v) is 7.32. The maximum Gasteiger partial charge on any atom is 0.243 e. The van der Waals surface area contributed by atoms with Crippen LogP contribution in [-0.2, 0) is 9.59 Å². The number of hydrogen-bond acceptors (Lipinski definition) is 4. The molecule has 0 bridgehead atoms. The van der Waals surface area contributed by atoms with Crippen molar-refractivity contribution in [3.63, 3.8) is 0 Å². The Kier molecular flexibility index (Phi) is 6.58. The van der Waals surface area contributed by atoms with Crippen molar-refractivity contribution in [1.82, 2.24) is 10.1 Å². The third kappa shape index (κ3) is 4.52. The van der Waals surface area contributed by atoms with Gasteiger partial charge in [-0.15, -0.1) is 0 Å². The van der Waals surface area contributed by atoms with Crippen molar-refractivity contribution in [2.24, 2.45) is 0 Å². The van der Waals surface area contributed by atoms with Gasteiger partial charge in [0.05, 0.1) is 18.2 Å². The summed E-state index contributed by atoms with van der Waals surface area (Å²) >= 11 is 3.40. The van der Waals surface area contributed by atoms with Crippen LogP contribution in [0.1, 0.15) is 41.8 Å². The number of benzene rings is 1. The van der Waals surface area contributed by atoms with Crippen molar-refractivity contribution in [3.8, 4) is 0 Å². The zero-order valence-electron chi connectivity index (χ0n) is 15.7. The minimum absolute atomic E-state index is 0.0196. The molecule has 2 aromatic rings. The summed E-state index contributed by atoms with van der Waals surface area (Å²) in [4.78, 5) is 26.6. The number of amides is 2. The van der Waals surface area contributed by atoms with Crippen LogP contribution in [0.15, 0.2) is 27.2 Å². The first-order chi connectivity index (χ1) is 12.2. The van der Waals surface area contributed by atoms with Gasteiger partial charge in [-0.05, 0) is 51.0 Å². The third-order valence-corrected chi connectivity index (χ3v) is 4.86. The molecule has 2 rings (SSSR count). The summed E-state index contributed by atoms with van der Waals surface area (Å²) in [5.41, 5.74) is 3.21. The molecule has 140 valence electrons. The maximum atomic E-state index is 12.8. The molecule has 0 saturated carbocycles. The van der Waals surface area contributed by atoms with Crippen LogP contribution in [-0.4, -0.2) is 35.5 Å². The molecule has 6 nitrogen and oxygen atoms in total. The smallest absolute Gasteiger partial charge is 0.243 e. The molecule has 7 heteroatoms. The highest BCUT2D eigenvalue weighted by molar-refractivity contribution is 9.10. The lowest BCUT2D eigenvalue weighted by Crippen LogP contribution is -2.38. The zero-order chi connectivity index (χ0) is 19.4. The zero-order valence-corrected chi connectivity index (χ0v) is 17.3. The highest BCUT2D eigenvalue weighted by atomic mass is 79.9. The topological polar surface area (TPSA) is 75.4 Å². The maximum absolute atomic E-state index is 12.8. The van der Waals surface area contributed by atoms with Gasteiger partial charge in [0, 0.05) is 22.8 Å². The van der Waals surface area contributed by atoms with Crippen LogP contribution in [0.4, 0.5) is 5.69 Å². The minimum atomic E-state index is -0.367. The van der Waals surface area contributed by atoms with E-state index in [1.54, 1.807) is 14.0 Å². The molecule has 0 spiro atoms. The quantitative estimate of drug-likeness (QED) is 0.765. The van der Waals surface area contributed by atoms with Gasteiger partial charge in [0.1, 0.15) is 5.76 Å². The fourth-order valence-electron chi connectivity index (χ4n) is 3.01. The summed E-state index contributed by atoms with van der Waals surface area (Å²) in [5.74, 6) is -0.0797. The summed E-state index contributed by atoms with van der Waals surface area (Å²) in [5, 5.41) is 6.78. The van der Waals surface area contributed by atoms with Gasteiger partial charge in [-0.3, -0.25) is 9.59 Å². The van der Waals surface area contributed by atoms with Crippen LogP contribution < -0.4 is 5.32 Å². The number of rotatable bonds is 6. The Morgan fingerprint density at radius 1 is 1.31 bits per heavy atom. The van der Waals surface area contributed by atoms with Crippen molar-refractivity contribution in [1.29, 1.82) is 0 Å². The number of anilines is 1. The molecule has 1 atom stereocenters. The first-order valence-corrected chi connectivity index (χ1v) is 9.27. The van der Waals surface area contributed by atoms with Crippen molar-refractivity contribution in [2.45, 2.75) is 40.0 Å². The number of hydrogen-bond donors (Lipinski definition) is 1. The van der Waals surface area contributed by atoms with Crippen LogP contribution in [0, 0.1) is 20.8 Å². The molecule has 0 fully saturated rings. The average Bonchev–Trinajstić information content (AvgIpc) is 2.90. The molecule has 1 unspecified atom stereocenters. The number of likely N-dealkylation sites (N-methyl/N-ethyl adjacent to an activating group) is 1. The number of nitrogens with one attached hydrogen (secondary N) is 1. The first-order valence-electron chi connectivity index (χ1n) is 8.48. The van der Waals surface area contributed by atoms with Crippen LogP contribution in [0.2, 0.25) is 0 Å². The highest BCUT2D eigenvalue weighted by Gasteiger charge is 2.28. The number of halogens is 1. The Bertz CT molecular complexity index is 797. The summed E-state index contributed by atoms with van der Waals surface area (Å²) in [6.07, 6.45) is 0.611. The van der Waals surface area contributed by atoms with Gasteiger partial charge >= 0.3 is 0 Å². The standard InChI is InChI=1S/C19H24BrN3O3/c1-6-15(18-12(3)22-26-13(18)4)19(25)23(5)10-17(24)21-16-8-7-14(20)9-11(16)2/h7-9,15H,6,10H2,1-5H3,(H,21,24). The van der Waals surface area contributed by atoms with Crippen LogP contribution >= 0.6 is 15.9 Å². The highest BCUT2D eigenvalue weighted by Crippen LogP contribution is 2.28. The van der Waals surface area contributed by atoms with Crippen molar-refractivity contribution in [3.05, 3.63) is 45.3 Å². The van der Waals surface area contributed by atoms with E-state index in [0.717, 1.165) is 21.3 Å². The van der Waals surface area contributed by atoms with Crippen LogP contribution in [0.3, 0.4) is 0 Å². The number of carbonyl (C=O) groups is 2. The predicted octanol–water partition coefficient (Wildman–Crippen LogP) is 3.95. The van der Waals surface area contributed by atoms with E-state index in [0.29, 0.717) is 17.9 Å². The van der Waals surface area contributed by atoms with E-state index in [1.165, 1.54) is 4.90 Å². The number of aryl methyl sites for hydroxylation is 3. The fourth-order valence-corrected chi connectivity index (χ4v) is 3.48. The molecule has 1 aromatic carbocycles. The van der Waals surface area contributed by atoms with Crippen molar-refractivity contribution in [2.75, 3.05) is 18.9 Å². The van der Waals surface area contributed by atoms with Gasteiger partial charge in [0.15, 0.2) is 0 Å². The normalized spacial score (nSPS) is 11.9. The lowest BCUT2D eigenvalue weighted by atomic mass is 9.93. The van der Waals surface area contributed by atoms with Gasteiger partial charge < -0.3 is 14.7 Å². The van der Waals surface area contributed by atoms with E-state index >= 15 is 0 Å². The van der Waals surface area contributed by atoms with Gasteiger partial charge in [0.25, 0.3) is 0 Å². The number of carbonyl (C=O) groups excluding carboxylic acids is 2. The Morgan fingerprint density at radius 3 is 2.54 bits per heavy atom. The molecule has 0 radical (unpaired) electrons. The third-order valence-electron chi connectivity index (χ3n) is 4.36. The van der Waals surface area contributed by atoms with Gasteiger partial charge in [-0.2, -0.15) is 0 Å². The first kappa shape index (κ1) is 20.2. The predicted molar refractivity (Wildman–Crippen MR) is 104 cm³/mol. The molecule has 0 aliphatic carbocycles. The lowest BCUT2D eigenvalue weighted by molar-refractivity contribution is -0.134. The molecule has 0 saturated heterocycles. The van der Waals surface area contributed by atoms with Crippen molar-refractivity contribution >= 4 is 33.4 Å². The molecule has 0 aliphatic rings. The molecule has 0 aliphatic heterocycles. The lowest BCUT2D eigenvalue weighted by Gasteiger charge is -2.23. The Labute approximate surface area is 162 Å². The SMILES string of the molecule is CCC(C(=O)N(C)CC(=O)Nc1ccc(Br)cc1C)c1c(C)noc1C. The van der Waals surface area contributed by atoms with Crippen LogP contribution in [0.25, 0.3) is 0 Å². The number of aromatic nitrogens is 1. The molecule has 2 amide bonds. The van der Waals surface area contributed by atoms with Gasteiger partial charge in [0.2, 0.25) is 11.8 Å². The molecular formula is C19H24BrN3O3. The molecule has 26 heavy (non-hydrogen) atoms. The van der Waals surface area contributed by atoms with E-state index in [4.69, 9.17) is 4.52 Å². The second kappa shape index (κ2) is 8.49.